The molecule has 0 unspecified atom stereocenters. The van der Waals surface area contributed by atoms with Gasteiger partial charge < -0.3 is 15.2 Å². The number of morpholine rings is 1. The van der Waals surface area contributed by atoms with Gasteiger partial charge in [-0.3, -0.25) is 0 Å². The monoisotopic (exact) mass is 279 g/mol. The van der Waals surface area contributed by atoms with Gasteiger partial charge in [-0.25, -0.2) is 8.78 Å². The van der Waals surface area contributed by atoms with Crippen LogP contribution in [0, 0.1) is 11.6 Å². The molecule has 2 N–H and O–H groups in total. The fraction of sp³-hybridized carbons (Fsp3) is 0.500. The lowest BCUT2D eigenvalue weighted by Gasteiger charge is -2.41. The number of hydrogen-bond acceptors (Lipinski definition) is 3. The Morgan fingerprint density at radius 2 is 1.83 bits per heavy atom. The molecular formula is C12H16ClF2NO2. The SMILES string of the molecule is C[C@H]1CO[C@](O)(c2cc(F)cc(F)c2)[C@@H](C)N1.Cl. The Labute approximate surface area is 111 Å². The first-order valence-electron chi connectivity index (χ1n) is 5.51. The van der Waals surface area contributed by atoms with Gasteiger partial charge in [-0.1, -0.05) is 0 Å². The predicted molar refractivity (Wildman–Crippen MR) is 65.5 cm³/mol. The average molecular weight is 280 g/mol. The minimum absolute atomic E-state index is 0. The molecule has 1 aromatic carbocycles. The molecule has 1 fully saturated rings. The fourth-order valence-electron chi connectivity index (χ4n) is 2.06. The van der Waals surface area contributed by atoms with Crippen molar-refractivity contribution >= 4 is 12.4 Å². The molecular weight excluding hydrogens is 264 g/mol. The van der Waals surface area contributed by atoms with E-state index in [0.29, 0.717) is 0 Å². The molecule has 0 aliphatic carbocycles. The maximum absolute atomic E-state index is 13.1. The van der Waals surface area contributed by atoms with Crippen LogP contribution in [-0.4, -0.2) is 23.8 Å². The van der Waals surface area contributed by atoms with E-state index in [2.05, 4.69) is 5.32 Å². The molecule has 0 saturated carbocycles. The lowest BCUT2D eigenvalue weighted by atomic mass is 9.96. The Bertz CT molecular complexity index is 412. The number of ether oxygens (including phenoxy) is 1. The molecule has 3 atom stereocenters. The zero-order chi connectivity index (χ0) is 12.6. The average Bonchev–Trinajstić information content (AvgIpc) is 2.22. The highest BCUT2D eigenvalue weighted by atomic mass is 35.5. The molecule has 0 aromatic heterocycles. The third kappa shape index (κ3) is 2.80. The summed E-state index contributed by atoms with van der Waals surface area (Å²) >= 11 is 0. The lowest BCUT2D eigenvalue weighted by molar-refractivity contribution is -0.253. The second-order valence-corrected chi connectivity index (χ2v) is 4.45. The fourth-order valence-corrected chi connectivity index (χ4v) is 2.06. The van der Waals surface area contributed by atoms with E-state index in [1.54, 1.807) is 6.92 Å². The molecule has 1 aliphatic rings. The topological polar surface area (TPSA) is 41.5 Å². The van der Waals surface area contributed by atoms with Gasteiger partial charge in [0.1, 0.15) is 11.6 Å². The summed E-state index contributed by atoms with van der Waals surface area (Å²) in [6.07, 6.45) is 0. The van der Waals surface area contributed by atoms with Gasteiger partial charge >= 0.3 is 0 Å². The van der Waals surface area contributed by atoms with E-state index in [0.717, 1.165) is 18.2 Å². The summed E-state index contributed by atoms with van der Waals surface area (Å²) < 4.78 is 31.6. The van der Waals surface area contributed by atoms with Crippen LogP contribution >= 0.6 is 12.4 Å². The Kier molecular flexibility index (Phi) is 4.66. The first-order valence-corrected chi connectivity index (χ1v) is 5.51. The van der Waals surface area contributed by atoms with Crippen LogP contribution in [0.15, 0.2) is 18.2 Å². The lowest BCUT2D eigenvalue weighted by Crippen LogP contribution is -2.58. The van der Waals surface area contributed by atoms with Gasteiger partial charge in [0, 0.05) is 17.7 Å². The zero-order valence-corrected chi connectivity index (χ0v) is 10.9. The van der Waals surface area contributed by atoms with E-state index in [1.807, 2.05) is 6.92 Å². The summed E-state index contributed by atoms with van der Waals surface area (Å²) in [5.74, 6) is -3.17. The van der Waals surface area contributed by atoms with Crippen LogP contribution < -0.4 is 5.32 Å². The summed E-state index contributed by atoms with van der Waals surface area (Å²) in [4.78, 5) is 0. The Morgan fingerprint density at radius 3 is 2.33 bits per heavy atom. The standard InChI is InChI=1S/C12H15F2NO2.ClH/c1-7-6-17-12(16,8(2)15-7)9-3-10(13)5-11(14)4-9;/h3-5,7-8,15-16H,6H2,1-2H3;1H/t7-,8+,12-;/m0./s1. The van der Waals surface area contributed by atoms with Crippen molar-refractivity contribution in [3.63, 3.8) is 0 Å². The maximum atomic E-state index is 13.1. The molecule has 6 heteroatoms. The van der Waals surface area contributed by atoms with Crippen molar-refractivity contribution in [1.29, 1.82) is 0 Å². The van der Waals surface area contributed by atoms with Gasteiger partial charge in [0.15, 0.2) is 0 Å². The highest BCUT2D eigenvalue weighted by Gasteiger charge is 2.41. The van der Waals surface area contributed by atoms with Crippen molar-refractivity contribution in [2.24, 2.45) is 0 Å². The second-order valence-electron chi connectivity index (χ2n) is 4.45. The highest BCUT2D eigenvalue weighted by Crippen LogP contribution is 2.30. The number of benzene rings is 1. The van der Waals surface area contributed by atoms with Gasteiger partial charge in [0.25, 0.3) is 0 Å². The van der Waals surface area contributed by atoms with Crippen molar-refractivity contribution in [3.05, 3.63) is 35.4 Å². The second kappa shape index (κ2) is 5.48. The van der Waals surface area contributed by atoms with Crippen molar-refractivity contribution in [3.8, 4) is 0 Å². The summed E-state index contributed by atoms with van der Waals surface area (Å²) in [6, 6.07) is 2.56. The third-order valence-electron chi connectivity index (χ3n) is 2.95. The Hall–Kier alpha value is -0.750. The van der Waals surface area contributed by atoms with Gasteiger partial charge in [0.2, 0.25) is 5.79 Å². The third-order valence-corrected chi connectivity index (χ3v) is 2.95. The molecule has 1 saturated heterocycles. The largest absolute Gasteiger partial charge is 0.361 e. The van der Waals surface area contributed by atoms with E-state index in [9.17, 15) is 13.9 Å². The van der Waals surface area contributed by atoms with Crippen molar-refractivity contribution in [1.82, 2.24) is 5.32 Å². The first kappa shape index (κ1) is 15.3. The van der Waals surface area contributed by atoms with Crippen molar-refractivity contribution < 1.29 is 18.6 Å². The van der Waals surface area contributed by atoms with E-state index >= 15 is 0 Å². The van der Waals surface area contributed by atoms with Crippen LogP contribution in [0.1, 0.15) is 19.4 Å². The van der Waals surface area contributed by atoms with Crippen LogP contribution in [-0.2, 0) is 10.5 Å². The zero-order valence-electron chi connectivity index (χ0n) is 10.1. The normalized spacial score (nSPS) is 31.8. The summed E-state index contributed by atoms with van der Waals surface area (Å²) in [7, 11) is 0. The van der Waals surface area contributed by atoms with Crippen LogP contribution in [0.5, 0.6) is 0 Å². The smallest absolute Gasteiger partial charge is 0.208 e. The van der Waals surface area contributed by atoms with E-state index < -0.39 is 23.5 Å². The van der Waals surface area contributed by atoms with Crippen molar-refractivity contribution in [2.75, 3.05) is 6.61 Å². The summed E-state index contributed by atoms with van der Waals surface area (Å²) in [5.41, 5.74) is 0.0851. The number of nitrogens with one attached hydrogen (secondary N) is 1. The van der Waals surface area contributed by atoms with Gasteiger partial charge in [-0.2, -0.15) is 0 Å². The minimum Gasteiger partial charge on any atom is -0.361 e. The summed E-state index contributed by atoms with van der Waals surface area (Å²) in [6.45, 7) is 3.89. The molecule has 0 radical (unpaired) electrons. The first-order chi connectivity index (χ1) is 7.91. The Balaban J connectivity index is 0.00000162. The van der Waals surface area contributed by atoms with Crippen LogP contribution in [0.2, 0.25) is 0 Å². The van der Waals surface area contributed by atoms with Gasteiger partial charge in [-0.15, -0.1) is 12.4 Å². The van der Waals surface area contributed by atoms with E-state index in [-0.39, 0.29) is 30.6 Å². The molecule has 0 spiro atoms. The number of hydrogen-bond donors (Lipinski definition) is 2. The van der Waals surface area contributed by atoms with Crippen LogP contribution in [0.4, 0.5) is 8.78 Å². The molecule has 1 aromatic rings. The van der Waals surface area contributed by atoms with Gasteiger partial charge in [0.05, 0.1) is 12.6 Å². The number of aliphatic hydroxyl groups is 1. The van der Waals surface area contributed by atoms with E-state index in [1.165, 1.54) is 0 Å². The molecule has 18 heavy (non-hydrogen) atoms. The van der Waals surface area contributed by atoms with Gasteiger partial charge in [-0.05, 0) is 26.0 Å². The molecule has 0 amide bonds. The predicted octanol–water partition coefficient (Wildman–Crippen LogP) is 1.93. The van der Waals surface area contributed by atoms with E-state index in [4.69, 9.17) is 4.74 Å². The highest BCUT2D eigenvalue weighted by molar-refractivity contribution is 5.85. The summed E-state index contributed by atoms with van der Waals surface area (Å²) in [5, 5.41) is 13.4. The maximum Gasteiger partial charge on any atom is 0.208 e. The number of halogens is 3. The van der Waals surface area contributed by atoms with Crippen LogP contribution in [0.3, 0.4) is 0 Å². The van der Waals surface area contributed by atoms with Crippen molar-refractivity contribution in [2.45, 2.75) is 31.7 Å². The quantitative estimate of drug-likeness (QED) is 0.825. The van der Waals surface area contributed by atoms with Crippen LogP contribution in [0.25, 0.3) is 0 Å². The molecule has 3 nitrogen and oxygen atoms in total. The number of rotatable bonds is 1. The molecule has 1 heterocycles. The Morgan fingerprint density at radius 1 is 1.28 bits per heavy atom. The molecule has 102 valence electrons. The molecule has 2 rings (SSSR count). The molecule has 0 bridgehead atoms. The minimum atomic E-state index is -1.70. The molecule has 1 aliphatic heterocycles.